The number of aliphatic imine (C=N–C) groups is 1. The van der Waals surface area contributed by atoms with Crippen molar-refractivity contribution < 1.29 is 9.53 Å². The van der Waals surface area contributed by atoms with Crippen molar-refractivity contribution >= 4 is 46.2 Å². The Morgan fingerprint density at radius 2 is 1.93 bits per heavy atom. The maximum atomic E-state index is 12.4. The summed E-state index contributed by atoms with van der Waals surface area (Å²) < 4.78 is 5.50. The minimum Gasteiger partial charge on any atom is -0.496 e. The van der Waals surface area contributed by atoms with Crippen molar-refractivity contribution in [3.05, 3.63) is 62.5 Å². The van der Waals surface area contributed by atoms with E-state index in [1.165, 1.54) is 11.8 Å². The van der Waals surface area contributed by atoms with Crippen molar-refractivity contribution in [1.29, 1.82) is 0 Å². The monoisotopic (exact) mass is 414 g/mol. The predicted octanol–water partition coefficient (Wildman–Crippen LogP) is 5.98. The normalized spacial score (nSPS) is 16.9. The molecule has 3 rings (SSSR count). The summed E-state index contributed by atoms with van der Waals surface area (Å²) in [6, 6.07) is 9.61. The maximum absolute atomic E-state index is 12.4. The number of carbonyl (C=O) groups excluding carboxylic acids is 1. The van der Waals surface area contributed by atoms with E-state index in [2.05, 4.69) is 30.2 Å². The summed E-state index contributed by atoms with van der Waals surface area (Å²) in [5.41, 5.74) is 4.93. The van der Waals surface area contributed by atoms with E-state index in [1.54, 1.807) is 13.2 Å². The van der Waals surface area contributed by atoms with Crippen molar-refractivity contribution in [3.63, 3.8) is 0 Å². The smallest absolute Gasteiger partial charge is 0.264 e. The van der Waals surface area contributed by atoms with Gasteiger partial charge in [-0.05, 0) is 90.2 Å². The zero-order valence-electron chi connectivity index (χ0n) is 16.6. The van der Waals surface area contributed by atoms with Crippen LogP contribution in [0, 0.1) is 13.8 Å². The van der Waals surface area contributed by atoms with E-state index in [0.717, 1.165) is 33.7 Å². The number of rotatable bonds is 4. The standard InChI is InChI=1S/C22H23ClN2O2S/c1-12(2)17-10-15(13(3)9-19(17)27-5)11-20-21(26)25-22(28-20)24-18-7-6-16(23)8-14(18)4/h6-12H,1-5H3,(H,24,25,26)/b20-11-. The predicted molar refractivity (Wildman–Crippen MR) is 119 cm³/mol. The number of aryl methyl sites for hydroxylation is 2. The first-order valence-corrected chi connectivity index (χ1v) is 10.2. The van der Waals surface area contributed by atoms with Crippen LogP contribution in [-0.4, -0.2) is 18.2 Å². The number of halogens is 1. The second-order valence-corrected chi connectivity index (χ2v) is 8.49. The number of hydrogen-bond donors (Lipinski definition) is 1. The van der Waals surface area contributed by atoms with Gasteiger partial charge in [-0.3, -0.25) is 4.79 Å². The van der Waals surface area contributed by atoms with Gasteiger partial charge in [0.25, 0.3) is 5.91 Å². The number of hydrogen-bond acceptors (Lipinski definition) is 4. The second-order valence-electron chi connectivity index (χ2n) is 7.02. The minimum absolute atomic E-state index is 0.142. The van der Waals surface area contributed by atoms with E-state index in [9.17, 15) is 4.79 Å². The lowest BCUT2D eigenvalue weighted by Crippen LogP contribution is -2.19. The zero-order valence-corrected chi connectivity index (χ0v) is 18.2. The summed E-state index contributed by atoms with van der Waals surface area (Å²) in [5.74, 6) is 1.05. The van der Waals surface area contributed by atoms with Gasteiger partial charge < -0.3 is 10.1 Å². The number of methoxy groups -OCH3 is 1. The molecule has 0 aromatic heterocycles. The van der Waals surface area contributed by atoms with Crippen LogP contribution in [0.4, 0.5) is 5.69 Å². The maximum Gasteiger partial charge on any atom is 0.264 e. The first-order valence-electron chi connectivity index (χ1n) is 9.02. The van der Waals surface area contributed by atoms with E-state index < -0.39 is 0 Å². The van der Waals surface area contributed by atoms with Crippen LogP contribution in [0.5, 0.6) is 5.75 Å². The van der Waals surface area contributed by atoms with Crippen molar-refractivity contribution in [3.8, 4) is 5.75 Å². The van der Waals surface area contributed by atoms with Crippen molar-refractivity contribution in [2.45, 2.75) is 33.6 Å². The molecular formula is C22H23ClN2O2S. The molecule has 1 N–H and O–H groups in total. The highest BCUT2D eigenvalue weighted by atomic mass is 35.5. The number of nitrogens with one attached hydrogen (secondary N) is 1. The Morgan fingerprint density at radius 3 is 2.57 bits per heavy atom. The van der Waals surface area contributed by atoms with Gasteiger partial charge in [0.05, 0.1) is 17.7 Å². The molecule has 2 aromatic carbocycles. The third-order valence-electron chi connectivity index (χ3n) is 4.56. The largest absolute Gasteiger partial charge is 0.496 e. The van der Waals surface area contributed by atoms with Gasteiger partial charge >= 0.3 is 0 Å². The van der Waals surface area contributed by atoms with Crippen LogP contribution < -0.4 is 10.1 Å². The fourth-order valence-corrected chi connectivity index (χ4v) is 4.03. The second kappa shape index (κ2) is 8.41. The molecular weight excluding hydrogens is 392 g/mol. The number of benzene rings is 2. The van der Waals surface area contributed by atoms with E-state index >= 15 is 0 Å². The highest BCUT2D eigenvalue weighted by molar-refractivity contribution is 8.18. The molecule has 0 saturated carbocycles. The number of amidine groups is 1. The van der Waals surface area contributed by atoms with Gasteiger partial charge in [-0.25, -0.2) is 4.99 Å². The summed E-state index contributed by atoms with van der Waals surface area (Å²) in [4.78, 5) is 17.6. The van der Waals surface area contributed by atoms with Crippen LogP contribution in [-0.2, 0) is 4.79 Å². The summed E-state index contributed by atoms with van der Waals surface area (Å²) in [5, 5.41) is 4.08. The van der Waals surface area contributed by atoms with E-state index in [4.69, 9.17) is 16.3 Å². The molecule has 0 atom stereocenters. The number of ether oxygens (including phenoxy) is 1. The van der Waals surface area contributed by atoms with E-state index in [1.807, 2.05) is 38.1 Å². The molecule has 28 heavy (non-hydrogen) atoms. The van der Waals surface area contributed by atoms with Crippen molar-refractivity contribution in [2.24, 2.45) is 4.99 Å². The molecule has 146 valence electrons. The quantitative estimate of drug-likeness (QED) is 0.626. The lowest BCUT2D eigenvalue weighted by molar-refractivity contribution is -0.115. The Hall–Kier alpha value is -2.24. The fraction of sp³-hybridized carbons (Fsp3) is 0.273. The van der Waals surface area contributed by atoms with Crippen LogP contribution >= 0.6 is 23.4 Å². The molecule has 6 heteroatoms. The number of thioether (sulfide) groups is 1. The van der Waals surface area contributed by atoms with Crippen LogP contribution in [0.25, 0.3) is 6.08 Å². The first-order chi connectivity index (χ1) is 13.3. The zero-order chi connectivity index (χ0) is 20.4. The Labute approximate surface area is 175 Å². The summed E-state index contributed by atoms with van der Waals surface area (Å²) in [6.45, 7) is 8.21. The number of nitrogens with zero attached hydrogens (tertiary/aromatic N) is 1. The summed E-state index contributed by atoms with van der Waals surface area (Å²) >= 11 is 7.34. The average Bonchev–Trinajstić information content (AvgIpc) is 2.97. The first kappa shape index (κ1) is 20.5. The SMILES string of the molecule is COc1cc(C)c(/C=C2\SC(=Nc3ccc(Cl)cc3C)NC2=O)cc1C(C)C. The van der Waals surface area contributed by atoms with Gasteiger partial charge in [0, 0.05) is 5.02 Å². The Morgan fingerprint density at radius 1 is 1.18 bits per heavy atom. The Kier molecular flexibility index (Phi) is 6.16. The van der Waals surface area contributed by atoms with E-state index in [-0.39, 0.29) is 5.91 Å². The molecule has 0 aliphatic carbocycles. The van der Waals surface area contributed by atoms with Crippen molar-refractivity contribution in [2.75, 3.05) is 7.11 Å². The molecule has 4 nitrogen and oxygen atoms in total. The molecule has 0 bridgehead atoms. The van der Waals surface area contributed by atoms with Crippen LogP contribution in [0.2, 0.25) is 5.02 Å². The summed E-state index contributed by atoms with van der Waals surface area (Å²) in [7, 11) is 1.68. The van der Waals surface area contributed by atoms with Gasteiger partial charge in [-0.2, -0.15) is 0 Å². The molecule has 1 aliphatic heterocycles. The summed E-state index contributed by atoms with van der Waals surface area (Å²) in [6.07, 6.45) is 1.91. The van der Waals surface area contributed by atoms with Crippen LogP contribution in [0.1, 0.15) is 42.0 Å². The fourth-order valence-electron chi connectivity index (χ4n) is 2.97. The highest BCUT2D eigenvalue weighted by Crippen LogP contribution is 2.34. The van der Waals surface area contributed by atoms with Crippen LogP contribution in [0.15, 0.2) is 40.2 Å². The Bertz CT molecular complexity index is 996. The minimum atomic E-state index is -0.142. The molecule has 0 radical (unpaired) electrons. The lowest BCUT2D eigenvalue weighted by atomic mass is 9.96. The van der Waals surface area contributed by atoms with Gasteiger partial charge in [0.15, 0.2) is 5.17 Å². The molecule has 1 heterocycles. The molecule has 1 saturated heterocycles. The lowest BCUT2D eigenvalue weighted by Gasteiger charge is -2.14. The number of carbonyl (C=O) groups is 1. The van der Waals surface area contributed by atoms with Crippen molar-refractivity contribution in [1.82, 2.24) is 5.32 Å². The average molecular weight is 415 g/mol. The van der Waals surface area contributed by atoms with Gasteiger partial charge in [0.1, 0.15) is 5.75 Å². The van der Waals surface area contributed by atoms with Crippen LogP contribution in [0.3, 0.4) is 0 Å². The highest BCUT2D eigenvalue weighted by Gasteiger charge is 2.24. The van der Waals surface area contributed by atoms with Gasteiger partial charge in [0.2, 0.25) is 0 Å². The molecule has 1 aliphatic rings. The molecule has 0 unspecified atom stereocenters. The van der Waals surface area contributed by atoms with Gasteiger partial charge in [-0.15, -0.1) is 0 Å². The topological polar surface area (TPSA) is 50.7 Å². The number of amides is 1. The van der Waals surface area contributed by atoms with E-state index in [0.29, 0.717) is 21.0 Å². The molecule has 2 aromatic rings. The third-order valence-corrected chi connectivity index (χ3v) is 5.70. The molecule has 0 spiro atoms. The molecule has 1 fully saturated rings. The molecule has 1 amide bonds. The van der Waals surface area contributed by atoms with Gasteiger partial charge in [-0.1, -0.05) is 25.4 Å². The third kappa shape index (κ3) is 4.42. The Balaban J connectivity index is 1.93.